The van der Waals surface area contributed by atoms with Gasteiger partial charge in [-0.05, 0) is 32.3 Å². The summed E-state index contributed by atoms with van der Waals surface area (Å²) < 4.78 is 5.87. The van der Waals surface area contributed by atoms with Crippen molar-refractivity contribution in [3.63, 3.8) is 0 Å². The van der Waals surface area contributed by atoms with Crippen LogP contribution in [0.3, 0.4) is 0 Å². The van der Waals surface area contributed by atoms with Crippen molar-refractivity contribution in [3.8, 4) is 5.75 Å². The standard InChI is InChI=1S/C14H23NO/c1-9(2)8-16-14-11(4)6-10(3)7-13(14)12(5)15/h6-7,9,12H,8,15H2,1-5H3. The van der Waals surface area contributed by atoms with Crippen LogP contribution in [0.4, 0.5) is 0 Å². The summed E-state index contributed by atoms with van der Waals surface area (Å²) in [5.41, 5.74) is 9.50. The maximum Gasteiger partial charge on any atom is 0.126 e. The summed E-state index contributed by atoms with van der Waals surface area (Å²) >= 11 is 0. The van der Waals surface area contributed by atoms with Gasteiger partial charge in [-0.25, -0.2) is 0 Å². The second-order valence-corrected chi connectivity index (χ2v) is 4.99. The minimum Gasteiger partial charge on any atom is -0.493 e. The Bertz CT molecular complexity index is 356. The third kappa shape index (κ3) is 3.24. The average molecular weight is 221 g/mol. The maximum atomic E-state index is 5.98. The minimum atomic E-state index is 0.0146. The highest BCUT2D eigenvalue weighted by Gasteiger charge is 2.12. The van der Waals surface area contributed by atoms with E-state index in [4.69, 9.17) is 10.5 Å². The van der Waals surface area contributed by atoms with Gasteiger partial charge in [-0.2, -0.15) is 0 Å². The van der Waals surface area contributed by atoms with Gasteiger partial charge >= 0.3 is 0 Å². The molecule has 16 heavy (non-hydrogen) atoms. The van der Waals surface area contributed by atoms with Gasteiger partial charge in [0.1, 0.15) is 5.75 Å². The van der Waals surface area contributed by atoms with Crippen molar-refractivity contribution in [1.82, 2.24) is 0 Å². The molecular formula is C14H23NO. The van der Waals surface area contributed by atoms with Gasteiger partial charge in [0.25, 0.3) is 0 Å². The van der Waals surface area contributed by atoms with E-state index in [9.17, 15) is 0 Å². The van der Waals surface area contributed by atoms with Crippen LogP contribution in [0.2, 0.25) is 0 Å². The van der Waals surface area contributed by atoms with Gasteiger partial charge in [0.05, 0.1) is 6.61 Å². The number of hydrogen-bond donors (Lipinski definition) is 1. The Morgan fingerprint density at radius 3 is 2.31 bits per heavy atom. The normalized spacial score (nSPS) is 12.9. The van der Waals surface area contributed by atoms with Crippen LogP contribution in [0.15, 0.2) is 12.1 Å². The topological polar surface area (TPSA) is 35.2 Å². The van der Waals surface area contributed by atoms with Crippen LogP contribution in [0.25, 0.3) is 0 Å². The molecule has 1 aromatic carbocycles. The second-order valence-electron chi connectivity index (χ2n) is 4.99. The minimum absolute atomic E-state index is 0.0146. The fraction of sp³-hybridized carbons (Fsp3) is 0.571. The van der Waals surface area contributed by atoms with Crippen LogP contribution in [0.5, 0.6) is 5.75 Å². The summed E-state index contributed by atoms with van der Waals surface area (Å²) in [4.78, 5) is 0. The molecule has 0 saturated carbocycles. The average Bonchev–Trinajstić information content (AvgIpc) is 2.14. The molecule has 0 spiro atoms. The Balaban J connectivity index is 3.04. The molecule has 0 heterocycles. The fourth-order valence-corrected chi connectivity index (χ4v) is 1.77. The Morgan fingerprint density at radius 1 is 1.19 bits per heavy atom. The molecule has 1 atom stereocenters. The van der Waals surface area contributed by atoms with Crippen LogP contribution in [-0.4, -0.2) is 6.61 Å². The number of aryl methyl sites for hydroxylation is 2. The SMILES string of the molecule is Cc1cc(C)c(OCC(C)C)c(C(C)N)c1. The van der Waals surface area contributed by atoms with Gasteiger partial charge in [-0.15, -0.1) is 0 Å². The third-order valence-corrected chi connectivity index (χ3v) is 2.50. The first-order valence-corrected chi connectivity index (χ1v) is 5.91. The predicted octanol–water partition coefficient (Wildman–Crippen LogP) is 3.36. The molecule has 0 amide bonds. The lowest BCUT2D eigenvalue weighted by Crippen LogP contribution is -2.12. The molecule has 0 aliphatic carbocycles. The molecule has 0 fully saturated rings. The van der Waals surface area contributed by atoms with Crippen LogP contribution >= 0.6 is 0 Å². The number of ether oxygens (including phenoxy) is 1. The summed E-state index contributed by atoms with van der Waals surface area (Å²) in [6.45, 7) is 11.2. The van der Waals surface area contributed by atoms with Gasteiger partial charge in [-0.3, -0.25) is 0 Å². The van der Waals surface area contributed by atoms with Gasteiger partial charge in [0.15, 0.2) is 0 Å². The molecule has 0 radical (unpaired) electrons. The van der Waals surface area contributed by atoms with E-state index in [-0.39, 0.29) is 6.04 Å². The van der Waals surface area contributed by atoms with Crippen LogP contribution in [0, 0.1) is 19.8 Å². The highest BCUT2D eigenvalue weighted by molar-refractivity contribution is 5.45. The number of hydrogen-bond acceptors (Lipinski definition) is 2. The number of benzene rings is 1. The Hall–Kier alpha value is -1.02. The molecule has 0 bridgehead atoms. The molecule has 0 aliphatic heterocycles. The summed E-state index contributed by atoms with van der Waals surface area (Å²) in [6, 6.07) is 4.27. The van der Waals surface area contributed by atoms with Crippen molar-refractivity contribution >= 4 is 0 Å². The van der Waals surface area contributed by atoms with Crippen molar-refractivity contribution in [2.24, 2.45) is 11.7 Å². The van der Waals surface area contributed by atoms with E-state index in [1.807, 2.05) is 6.92 Å². The van der Waals surface area contributed by atoms with E-state index in [2.05, 4.69) is 39.8 Å². The number of rotatable bonds is 4. The Morgan fingerprint density at radius 2 is 1.81 bits per heavy atom. The van der Waals surface area contributed by atoms with Crippen LogP contribution in [0.1, 0.15) is 43.5 Å². The molecule has 0 aromatic heterocycles. The van der Waals surface area contributed by atoms with Crippen molar-refractivity contribution in [1.29, 1.82) is 0 Å². The summed E-state index contributed by atoms with van der Waals surface area (Å²) in [5, 5.41) is 0. The van der Waals surface area contributed by atoms with Crippen molar-refractivity contribution < 1.29 is 4.74 Å². The molecule has 2 N–H and O–H groups in total. The largest absolute Gasteiger partial charge is 0.493 e. The van der Waals surface area contributed by atoms with Gasteiger partial charge in [-0.1, -0.05) is 31.5 Å². The Kier molecular flexibility index (Phi) is 4.36. The zero-order valence-corrected chi connectivity index (χ0v) is 11.0. The lowest BCUT2D eigenvalue weighted by atomic mass is 10.0. The first-order chi connectivity index (χ1) is 7.41. The monoisotopic (exact) mass is 221 g/mol. The third-order valence-electron chi connectivity index (χ3n) is 2.50. The van der Waals surface area contributed by atoms with Crippen molar-refractivity contribution in [2.75, 3.05) is 6.61 Å². The second kappa shape index (κ2) is 5.35. The highest BCUT2D eigenvalue weighted by Crippen LogP contribution is 2.29. The molecule has 2 heteroatoms. The lowest BCUT2D eigenvalue weighted by Gasteiger charge is -2.18. The lowest BCUT2D eigenvalue weighted by molar-refractivity contribution is 0.266. The van der Waals surface area contributed by atoms with E-state index in [0.29, 0.717) is 5.92 Å². The molecule has 2 nitrogen and oxygen atoms in total. The Labute approximate surface area is 98.8 Å². The first kappa shape index (κ1) is 13.0. The molecule has 0 saturated heterocycles. The molecule has 0 aliphatic rings. The van der Waals surface area contributed by atoms with E-state index in [0.717, 1.165) is 17.9 Å². The van der Waals surface area contributed by atoms with Gasteiger partial charge in [0, 0.05) is 11.6 Å². The molecular weight excluding hydrogens is 198 g/mol. The van der Waals surface area contributed by atoms with E-state index < -0.39 is 0 Å². The molecule has 1 unspecified atom stereocenters. The summed E-state index contributed by atoms with van der Waals surface area (Å²) in [6.07, 6.45) is 0. The van der Waals surface area contributed by atoms with Crippen molar-refractivity contribution in [3.05, 3.63) is 28.8 Å². The smallest absolute Gasteiger partial charge is 0.126 e. The van der Waals surface area contributed by atoms with E-state index in [1.165, 1.54) is 11.1 Å². The van der Waals surface area contributed by atoms with E-state index in [1.54, 1.807) is 0 Å². The molecule has 1 rings (SSSR count). The van der Waals surface area contributed by atoms with Gasteiger partial charge in [0.2, 0.25) is 0 Å². The zero-order chi connectivity index (χ0) is 12.3. The fourth-order valence-electron chi connectivity index (χ4n) is 1.77. The van der Waals surface area contributed by atoms with Crippen LogP contribution < -0.4 is 10.5 Å². The molecule has 1 aromatic rings. The zero-order valence-electron chi connectivity index (χ0n) is 11.0. The van der Waals surface area contributed by atoms with Crippen molar-refractivity contribution in [2.45, 2.75) is 40.7 Å². The van der Waals surface area contributed by atoms with Gasteiger partial charge < -0.3 is 10.5 Å². The number of nitrogens with two attached hydrogens (primary N) is 1. The molecule has 90 valence electrons. The summed E-state index contributed by atoms with van der Waals surface area (Å²) in [5.74, 6) is 1.50. The highest BCUT2D eigenvalue weighted by atomic mass is 16.5. The quantitative estimate of drug-likeness (QED) is 0.846. The summed E-state index contributed by atoms with van der Waals surface area (Å²) in [7, 11) is 0. The first-order valence-electron chi connectivity index (χ1n) is 5.91. The maximum absolute atomic E-state index is 5.98. The predicted molar refractivity (Wildman–Crippen MR) is 68.9 cm³/mol. The van der Waals surface area contributed by atoms with E-state index >= 15 is 0 Å². The van der Waals surface area contributed by atoms with Crippen LogP contribution in [-0.2, 0) is 0 Å².